The molecule has 0 spiro atoms. The van der Waals surface area contributed by atoms with Gasteiger partial charge in [0.05, 0.1) is 0 Å². The maximum absolute atomic E-state index is 11.7. The number of aryl methyl sites for hydroxylation is 1. The molecule has 1 aromatic rings. The molecular weight excluding hydrogens is 212 g/mol. The quantitative estimate of drug-likeness (QED) is 0.764. The molecule has 0 aromatic heterocycles. The third-order valence-electron chi connectivity index (χ3n) is 3.41. The first-order valence-electron chi connectivity index (χ1n) is 6.33. The van der Waals surface area contributed by atoms with Crippen LogP contribution in [0.4, 0.5) is 5.69 Å². The second-order valence-corrected chi connectivity index (χ2v) is 4.82. The minimum absolute atomic E-state index is 0.169. The van der Waals surface area contributed by atoms with Crippen molar-refractivity contribution >= 4 is 11.6 Å². The second kappa shape index (κ2) is 5.21. The number of rotatable bonds is 5. The Morgan fingerprint density at radius 3 is 2.71 bits per heavy atom. The number of nitrogens with two attached hydrogens (primary N) is 1. The molecule has 0 bridgehead atoms. The van der Waals surface area contributed by atoms with Crippen molar-refractivity contribution in [2.24, 2.45) is 5.92 Å². The zero-order valence-corrected chi connectivity index (χ0v) is 10.3. The number of hydrogen-bond donors (Lipinski definition) is 2. The van der Waals surface area contributed by atoms with Gasteiger partial charge in [0, 0.05) is 18.2 Å². The Hall–Kier alpha value is -1.51. The van der Waals surface area contributed by atoms with E-state index in [2.05, 4.69) is 12.2 Å². The Bertz CT molecular complexity index is 386. The van der Waals surface area contributed by atoms with Crippen LogP contribution in [0.25, 0.3) is 0 Å². The van der Waals surface area contributed by atoms with Crippen LogP contribution in [-0.4, -0.2) is 11.9 Å². The SMILES string of the molecule is CCC1CC1NC(=O)CCc1ccc(N)cc1. The van der Waals surface area contributed by atoms with E-state index < -0.39 is 0 Å². The zero-order chi connectivity index (χ0) is 12.3. The lowest BCUT2D eigenvalue weighted by Crippen LogP contribution is -2.26. The number of hydrogen-bond acceptors (Lipinski definition) is 2. The first-order chi connectivity index (χ1) is 8.19. The molecular formula is C14H20N2O. The maximum Gasteiger partial charge on any atom is 0.220 e. The zero-order valence-electron chi connectivity index (χ0n) is 10.3. The summed E-state index contributed by atoms with van der Waals surface area (Å²) in [5, 5.41) is 3.07. The summed E-state index contributed by atoms with van der Waals surface area (Å²) < 4.78 is 0. The molecule has 0 heterocycles. The number of carbonyl (C=O) groups excluding carboxylic acids is 1. The van der Waals surface area contributed by atoms with Crippen LogP contribution in [0.5, 0.6) is 0 Å². The highest BCUT2D eigenvalue weighted by molar-refractivity contribution is 5.76. The first kappa shape index (κ1) is 12.0. The molecule has 17 heavy (non-hydrogen) atoms. The van der Waals surface area contributed by atoms with Crippen molar-refractivity contribution < 1.29 is 4.79 Å². The van der Waals surface area contributed by atoms with Crippen molar-refractivity contribution in [3.05, 3.63) is 29.8 Å². The van der Waals surface area contributed by atoms with E-state index >= 15 is 0 Å². The van der Waals surface area contributed by atoms with E-state index in [-0.39, 0.29) is 5.91 Å². The van der Waals surface area contributed by atoms with Crippen LogP contribution in [-0.2, 0) is 11.2 Å². The van der Waals surface area contributed by atoms with Crippen LogP contribution >= 0.6 is 0 Å². The van der Waals surface area contributed by atoms with E-state index in [0.29, 0.717) is 12.5 Å². The van der Waals surface area contributed by atoms with Crippen LogP contribution in [0.2, 0.25) is 0 Å². The molecule has 0 radical (unpaired) electrons. The van der Waals surface area contributed by atoms with Gasteiger partial charge in [0.1, 0.15) is 0 Å². The monoisotopic (exact) mass is 232 g/mol. The van der Waals surface area contributed by atoms with Crippen LogP contribution < -0.4 is 11.1 Å². The highest BCUT2D eigenvalue weighted by Gasteiger charge is 2.36. The average molecular weight is 232 g/mol. The number of carbonyl (C=O) groups is 1. The van der Waals surface area contributed by atoms with Gasteiger partial charge in [-0.3, -0.25) is 4.79 Å². The van der Waals surface area contributed by atoms with E-state index in [9.17, 15) is 4.79 Å². The minimum atomic E-state index is 0.169. The van der Waals surface area contributed by atoms with Gasteiger partial charge in [-0.05, 0) is 36.5 Å². The van der Waals surface area contributed by atoms with E-state index in [1.807, 2.05) is 24.3 Å². The lowest BCUT2D eigenvalue weighted by atomic mass is 10.1. The minimum Gasteiger partial charge on any atom is -0.399 e. The molecule has 1 amide bonds. The summed E-state index contributed by atoms with van der Waals surface area (Å²) in [6, 6.07) is 8.16. The van der Waals surface area contributed by atoms with Gasteiger partial charge in [-0.25, -0.2) is 0 Å². The lowest BCUT2D eigenvalue weighted by molar-refractivity contribution is -0.121. The smallest absolute Gasteiger partial charge is 0.220 e. The Morgan fingerprint density at radius 2 is 2.12 bits per heavy atom. The third-order valence-corrected chi connectivity index (χ3v) is 3.41. The average Bonchev–Trinajstić information content (AvgIpc) is 3.07. The first-order valence-corrected chi connectivity index (χ1v) is 6.33. The number of amides is 1. The largest absolute Gasteiger partial charge is 0.399 e. The van der Waals surface area contributed by atoms with Gasteiger partial charge in [0.25, 0.3) is 0 Å². The van der Waals surface area contributed by atoms with Crippen molar-refractivity contribution in [2.75, 3.05) is 5.73 Å². The number of benzene rings is 1. The second-order valence-electron chi connectivity index (χ2n) is 4.82. The van der Waals surface area contributed by atoms with Gasteiger partial charge in [0.2, 0.25) is 5.91 Å². The molecule has 92 valence electrons. The van der Waals surface area contributed by atoms with Crippen molar-refractivity contribution in [2.45, 2.75) is 38.6 Å². The van der Waals surface area contributed by atoms with E-state index in [0.717, 1.165) is 30.0 Å². The van der Waals surface area contributed by atoms with E-state index in [1.54, 1.807) is 0 Å². The Kier molecular flexibility index (Phi) is 3.67. The topological polar surface area (TPSA) is 55.1 Å². The fourth-order valence-electron chi connectivity index (χ4n) is 2.10. The van der Waals surface area contributed by atoms with Crippen molar-refractivity contribution in [3.8, 4) is 0 Å². The van der Waals surface area contributed by atoms with Crippen molar-refractivity contribution in [1.29, 1.82) is 0 Å². The standard InChI is InChI=1S/C14H20N2O/c1-2-11-9-13(11)16-14(17)8-5-10-3-6-12(15)7-4-10/h3-4,6-7,11,13H,2,5,8-9,15H2,1H3,(H,16,17). The third kappa shape index (κ3) is 3.48. The van der Waals surface area contributed by atoms with Gasteiger partial charge in [-0.2, -0.15) is 0 Å². The predicted octanol–water partition coefficient (Wildman–Crippen LogP) is 2.12. The number of anilines is 1. The van der Waals surface area contributed by atoms with E-state index in [1.165, 1.54) is 6.42 Å². The summed E-state index contributed by atoms with van der Waals surface area (Å²) >= 11 is 0. The molecule has 1 saturated carbocycles. The maximum atomic E-state index is 11.7. The van der Waals surface area contributed by atoms with Gasteiger partial charge in [-0.1, -0.05) is 25.5 Å². The normalized spacial score (nSPS) is 22.2. The summed E-state index contributed by atoms with van der Waals surface area (Å²) in [4.78, 5) is 11.7. The molecule has 1 fully saturated rings. The molecule has 2 rings (SSSR count). The highest BCUT2D eigenvalue weighted by atomic mass is 16.1. The summed E-state index contributed by atoms with van der Waals surface area (Å²) in [5.41, 5.74) is 7.54. The molecule has 3 N–H and O–H groups in total. The van der Waals surface area contributed by atoms with Gasteiger partial charge in [-0.15, -0.1) is 0 Å². The molecule has 0 saturated heterocycles. The van der Waals surface area contributed by atoms with Crippen molar-refractivity contribution in [3.63, 3.8) is 0 Å². The predicted molar refractivity (Wildman–Crippen MR) is 69.5 cm³/mol. The Labute approximate surface area is 102 Å². The highest BCUT2D eigenvalue weighted by Crippen LogP contribution is 2.33. The van der Waals surface area contributed by atoms with Crippen LogP contribution in [0.3, 0.4) is 0 Å². The summed E-state index contributed by atoms with van der Waals surface area (Å²) in [7, 11) is 0. The van der Waals surface area contributed by atoms with Crippen LogP contribution in [0.15, 0.2) is 24.3 Å². The molecule has 2 unspecified atom stereocenters. The fourth-order valence-corrected chi connectivity index (χ4v) is 2.10. The van der Waals surface area contributed by atoms with Crippen molar-refractivity contribution in [1.82, 2.24) is 5.32 Å². The fraction of sp³-hybridized carbons (Fsp3) is 0.500. The van der Waals surface area contributed by atoms with Crippen LogP contribution in [0.1, 0.15) is 31.7 Å². The van der Waals surface area contributed by atoms with Gasteiger partial charge >= 0.3 is 0 Å². The van der Waals surface area contributed by atoms with Gasteiger partial charge in [0.15, 0.2) is 0 Å². The molecule has 3 heteroatoms. The molecule has 1 aliphatic rings. The number of nitrogen functional groups attached to an aromatic ring is 1. The van der Waals surface area contributed by atoms with E-state index in [4.69, 9.17) is 5.73 Å². The lowest BCUT2D eigenvalue weighted by Gasteiger charge is -2.04. The Balaban J connectivity index is 1.71. The molecule has 2 atom stereocenters. The summed E-state index contributed by atoms with van der Waals surface area (Å²) in [6.07, 6.45) is 3.68. The molecule has 3 nitrogen and oxygen atoms in total. The summed E-state index contributed by atoms with van der Waals surface area (Å²) in [5.74, 6) is 0.887. The van der Waals surface area contributed by atoms with Crippen LogP contribution in [0, 0.1) is 5.92 Å². The molecule has 1 aromatic carbocycles. The molecule has 1 aliphatic carbocycles. The Morgan fingerprint density at radius 1 is 1.41 bits per heavy atom. The molecule has 0 aliphatic heterocycles. The summed E-state index contributed by atoms with van der Waals surface area (Å²) in [6.45, 7) is 2.17. The van der Waals surface area contributed by atoms with Gasteiger partial charge < -0.3 is 11.1 Å². The number of nitrogens with one attached hydrogen (secondary N) is 1.